The molecule has 0 saturated heterocycles. The van der Waals surface area contributed by atoms with Crippen LogP contribution in [0.5, 0.6) is 11.5 Å². The van der Waals surface area contributed by atoms with Crippen molar-refractivity contribution < 1.29 is 56.6 Å². The summed E-state index contributed by atoms with van der Waals surface area (Å²) in [6.45, 7) is 0.342. The van der Waals surface area contributed by atoms with Crippen molar-refractivity contribution in [3.05, 3.63) is 101 Å². The van der Waals surface area contributed by atoms with E-state index in [2.05, 4.69) is 4.84 Å². The van der Waals surface area contributed by atoms with E-state index in [0.717, 1.165) is 30.0 Å². The van der Waals surface area contributed by atoms with Gasteiger partial charge in [-0.2, -0.15) is 4.39 Å². The maximum absolute atomic E-state index is 14.5. The van der Waals surface area contributed by atoms with Crippen LogP contribution in [0.25, 0.3) is 5.57 Å². The van der Waals surface area contributed by atoms with E-state index in [0.29, 0.717) is 48.6 Å². The van der Waals surface area contributed by atoms with Crippen molar-refractivity contribution in [1.29, 1.82) is 0 Å². The first-order valence-corrected chi connectivity index (χ1v) is 17.0. The second-order valence-electron chi connectivity index (χ2n) is 12.5. The maximum atomic E-state index is 14.5. The Kier molecular flexibility index (Phi) is 13.5. The largest absolute Gasteiger partial charge is 0.496 e. The molecule has 1 unspecified atom stereocenters. The molecular weight excluding hydrogens is 690 g/mol. The number of hydrogen-bond acceptors (Lipinski definition) is 9. The van der Waals surface area contributed by atoms with E-state index < -0.39 is 41.0 Å². The van der Waals surface area contributed by atoms with Gasteiger partial charge in [-0.15, -0.1) is 0 Å². The molecule has 0 spiro atoms. The van der Waals surface area contributed by atoms with Crippen LogP contribution in [0.1, 0.15) is 48.8 Å². The van der Waals surface area contributed by atoms with Crippen LogP contribution < -0.4 is 9.47 Å². The first kappa shape index (κ1) is 38.5. The summed E-state index contributed by atoms with van der Waals surface area (Å²) in [6.07, 6.45) is 4.45. The molecule has 3 aromatic rings. The summed E-state index contributed by atoms with van der Waals surface area (Å²) in [7, 11) is 1.48. The molecule has 52 heavy (non-hydrogen) atoms. The molecule has 2 aliphatic rings. The molecule has 2 amide bonds. The van der Waals surface area contributed by atoms with Gasteiger partial charge < -0.3 is 24.0 Å². The molecule has 11 nitrogen and oxygen atoms in total. The molecule has 1 fully saturated rings. The zero-order valence-corrected chi connectivity index (χ0v) is 28.6. The SMILES string of the molecule is COc1ccc(F)cc1CN(C(=O)C1CN(C(=O)OCCCCON(O)O)CC=C1c1ccc(CCCOc2c(F)ccc(F)c2F)cc1)C1CC1. The Hall–Kier alpha value is -4.70. The van der Waals surface area contributed by atoms with Gasteiger partial charge in [0.05, 0.1) is 38.2 Å². The fourth-order valence-corrected chi connectivity index (χ4v) is 6.01. The van der Waals surface area contributed by atoms with Crippen molar-refractivity contribution in [2.24, 2.45) is 5.92 Å². The number of rotatable bonds is 17. The number of unbranched alkanes of at least 4 members (excludes halogenated alkanes) is 1. The van der Waals surface area contributed by atoms with E-state index >= 15 is 0 Å². The Bertz CT molecular complexity index is 1720. The molecule has 1 aliphatic heterocycles. The summed E-state index contributed by atoms with van der Waals surface area (Å²) < 4.78 is 71.7. The number of halogens is 4. The van der Waals surface area contributed by atoms with Crippen LogP contribution in [0.15, 0.2) is 60.7 Å². The summed E-state index contributed by atoms with van der Waals surface area (Å²) in [5.41, 5.74) is 2.89. The van der Waals surface area contributed by atoms with Crippen molar-refractivity contribution in [1.82, 2.24) is 15.2 Å². The lowest BCUT2D eigenvalue weighted by Crippen LogP contribution is -2.47. The lowest BCUT2D eigenvalue weighted by molar-refractivity contribution is -0.492. The number of benzene rings is 3. The predicted octanol–water partition coefficient (Wildman–Crippen LogP) is 6.70. The minimum absolute atomic E-state index is 0.00544. The second kappa shape index (κ2) is 18.2. The average molecular weight is 732 g/mol. The molecule has 2 N–H and O–H groups in total. The van der Waals surface area contributed by atoms with Gasteiger partial charge in [-0.3, -0.25) is 20.0 Å². The van der Waals surface area contributed by atoms with Crippen molar-refractivity contribution in [2.75, 3.05) is 40.0 Å². The van der Waals surface area contributed by atoms with Gasteiger partial charge in [-0.1, -0.05) is 30.3 Å². The molecule has 3 aromatic carbocycles. The lowest BCUT2D eigenvalue weighted by atomic mass is 9.87. The molecule has 1 atom stereocenters. The molecule has 0 aromatic heterocycles. The quantitative estimate of drug-likeness (QED) is 0.0677. The normalized spacial score (nSPS) is 15.7. The van der Waals surface area contributed by atoms with Gasteiger partial charge in [-0.05, 0) is 85.6 Å². The third-order valence-electron chi connectivity index (χ3n) is 8.84. The number of hydrogen-bond donors (Lipinski definition) is 2. The van der Waals surface area contributed by atoms with Gasteiger partial charge in [0.1, 0.15) is 11.6 Å². The van der Waals surface area contributed by atoms with E-state index in [1.54, 1.807) is 4.90 Å². The summed E-state index contributed by atoms with van der Waals surface area (Å²) in [4.78, 5) is 35.2. The number of aryl methyl sites for hydroxylation is 1. The summed E-state index contributed by atoms with van der Waals surface area (Å²) in [5.74, 6) is -5.32. The van der Waals surface area contributed by atoms with Gasteiger partial charge in [-0.25, -0.2) is 18.0 Å². The zero-order chi connectivity index (χ0) is 37.2. The first-order chi connectivity index (χ1) is 25.0. The fourth-order valence-electron chi connectivity index (χ4n) is 6.01. The number of nitrogens with zero attached hydrogens (tertiary/aromatic N) is 3. The van der Waals surface area contributed by atoms with Crippen molar-refractivity contribution >= 4 is 17.6 Å². The molecule has 0 bridgehead atoms. The van der Waals surface area contributed by atoms with Crippen molar-refractivity contribution in [3.63, 3.8) is 0 Å². The van der Waals surface area contributed by atoms with Crippen LogP contribution >= 0.6 is 0 Å². The number of ether oxygens (including phenoxy) is 3. The number of methoxy groups -OCH3 is 1. The van der Waals surface area contributed by atoms with Gasteiger partial charge in [0, 0.05) is 31.2 Å². The highest BCUT2D eigenvalue weighted by molar-refractivity contribution is 5.94. The van der Waals surface area contributed by atoms with E-state index in [4.69, 9.17) is 24.6 Å². The Morgan fingerprint density at radius 2 is 1.63 bits per heavy atom. The maximum Gasteiger partial charge on any atom is 0.410 e. The minimum atomic E-state index is -1.37. The topological polar surface area (TPSA) is 121 Å². The molecule has 1 heterocycles. The number of carbonyl (C=O) groups excluding carboxylic acids is 2. The minimum Gasteiger partial charge on any atom is -0.496 e. The van der Waals surface area contributed by atoms with Crippen LogP contribution in [-0.4, -0.2) is 83.7 Å². The van der Waals surface area contributed by atoms with E-state index in [9.17, 15) is 27.2 Å². The van der Waals surface area contributed by atoms with Gasteiger partial charge in [0.25, 0.3) is 0 Å². The first-order valence-electron chi connectivity index (χ1n) is 17.0. The highest BCUT2D eigenvalue weighted by Gasteiger charge is 2.40. The standard InChI is InChI=1S/C37H41F4N3O8/c1-49-33-15-10-27(38)21-26(33)22-43(28-11-12-28)36(45)30-23-42(37(46)51-18-2-3-20-52-44(47)48)17-16-29(30)25-8-6-24(7-9-25)5-4-19-50-35-32(40)14-13-31(39)34(35)41/h6-10,13-16,21,28,30,47-48H,2-5,11-12,17-20,22-23H2,1H3. The highest BCUT2D eigenvalue weighted by atomic mass is 19.2. The summed E-state index contributed by atoms with van der Waals surface area (Å²) in [6, 6.07) is 13.1. The summed E-state index contributed by atoms with van der Waals surface area (Å²) >= 11 is 0. The molecular formula is C37H41F4N3O8. The third kappa shape index (κ3) is 10.2. The fraction of sp³-hybridized carbons (Fsp3) is 0.405. The molecule has 5 rings (SSSR count). The Balaban J connectivity index is 1.29. The van der Waals surface area contributed by atoms with Gasteiger partial charge in [0.15, 0.2) is 17.4 Å². The summed E-state index contributed by atoms with van der Waals surface area (Å²) in [5, 5.41) is 16.9. The molecule has 1 aliphatic carbocycles. The van der Waals surface area contributed by atoms with Gasteiger partial charge >= 0.3 is 6.09 Å². The van der Waals surface area contributed by atoms with Crippen molar-refractivity contribution in [3.8, 4) is 11.5 Å². The highest BCUT2D eigenvalue weighted by Crippen LogP contribution is 2.36. The Morgan fingerprint density at radius 3 is 2.35 bits per heavy atom. The van der Waals surface area contributed by atoms with Crippen molar-refractivity contribution in [2.45, 2.75) is 51.1 Å². The van der Waals surface area contributed by atoms with Crippen LogP contribution in [0.4, 0.5) is 22.4 Å². The predicted molar refractivity (Wildman–Crippen MR) is 178 cm³/mol. The van der Waals surface area contributed by atoms with Gasteiger partial charge in [0.2, 0.25) is 11.7 Å². The monoisotopic (exact) mass is 731 g/mol. The third-order valence-corrected chi connectivity index (χ3v) is 8.84. The Labute approximate surface area is 298 Å². The molecule has 0 radical (unpaired) electrons. The van der Waals surface area contributed by atoms with E-state index in [-0.39, 0.29) is 56.8 Å². The molecule has 280 valence electrons. The number of carbonyl (C=O) groups is 2. The van der Waals surface area contributed by atoms with E-state index in [1.807, 2.05) is 30.3 Å². The zero-order valence-electron chi connectivity index (χ0n) is 28.6. The molecule has 1 saturated carbocycles. The Morgan fingerprint density at radius 1 is 0.904 bits per heavy atom. The van der Waals surface area contributed by atoms with Crippen LogP contribution in [0, 0.1) is 29.2 Å². The smallest absolute Gasteiger partial charge is 0.410 e. The number of amides is 2. The molecule has 15 heteroatoms. The van der Waals surface area contributed by atoms with Crippen LogP contribution in [0.3, 0.4) is 0 Å². The van der Waals surface area contributed by atoms with Crippen LogP contribution in [0.2, 0.25) is 0 Å². The van der Waals surface area contributed by atoms with Crippen LogP contribution in [-0.2, 0) is 27.3 Å². The lowest BCUT2D eigenvalue weighted by Gasteiger charge is -2.35. The van der Waals surface area contributed by atoms with E-state index in [1.165, 1.54) is 30.2 Å². The average Bonchev–Trinajstić information content (AvgIpc) is 3.98. The second-order valence-corrected chi connectivity index (χ2v) is 12.5.